The van der Waals surface area contributed by atoms with Gasteiger partial charge in [0.15, 0.2) is 0 Å². The number of nitrogen functional groups attached to an aromatic ring is 1. The summed E-state index contributed by atoms with van der Waals surface area (Å²) in [5.41, 5.74) is 6.52. The molecule has 3 N–H and O–H groups in total. The molecule has 5 nitrogen and oxygen atoms in total. The Morgan fingerprint density at radius 1 is 1.11 bits per heavy atom. The number of nitrogens with one attached hydrogen (secondary N) is 1. The lowest BCUT2D eigenvalue weighted by atomic mass is 10.3. The molecule has 0 aliphatic rings. The summed E-state index contributed by atoms with van der Waals surface area (Å²) >= 11 is 0. The van der Waals surface area contributed by atoms with Crippen LogP contribution in [0.15, 0.2) is 53.4 Å². The average molecular weight is 278 g/mol. The molecule has 0 unspecified atom stereocenters. The van der Waals surface area contributed by atoms with Crippen LogP contribution < -0.4 is 15.2 Å². The van der Waals surface area contributed by atoms with Crippen molar-refractivity contribution in [1.29, 1.82) is 0 Å². The number of benzene rings is 2. The number of methoxy groups -OCH3 is 1. The maximum Gasteiger partial charge on any atom is 0.261 e. The Morgan fingerprint density at radius 3 is 2.37 bits per heavy atom. The van der Waals surface area contributed by atoms with E-state index in [1.165, 1.54) is 19.2 Å². The molecule has 0 saturated heterocycles. The Balaban J connectivity index is 2.27. The fraction of sp³-hybridized carbons (Fsp3) is 0.0769. The van der Waals surface area contributed by atoms with Crippen LogP contribution in [0.25, 0.3) is 0 Å². The topological polar surface area (TPSA) is 81.4 Å². The minimum Gasteiger partial charge on any atom is -0.497 e. The first-order valence-corrected chi connectivity index (χ1v) is 7.02. The third kappa shape index (κ3) is 3.17. The molecule has 0 atom stereocenters. The number of hydrogen-bond donors (Lipinski definition) is 2. The summed E-state index contributed by atoms with van der Waals surface area (Å²) in [7, 11) is -2.09. The lowest BCUT2D eigenvalue weighted by Gasteiger charge is -2.09. The Hall–Kier alpha value is -2.21. The van der Waals surface area contributed by atoms with Gasteiger partial charge in [0.2, 0.25) is 0 Å². The SMILES string of the molecule is COc1ccc(S(=O)(=O)Nc2cccc(N)c2)cc1. The highest BCUT2D eigenvalue weighted by Crippen LogP contribution is 2.20. The first kappa shape index (κ1) is 13.2. The van der Waals surface area contributed by atoms with Crippen LogP contribution in [-0.4, -0.2) is 15.5 Å². The molecule has 0 saturated carbocycles. The van der Waals surface area contributed by atoms with Crippen molar-refractivity contribution in [2.45, 2.75) is 4.90 Å². The van der Waals surface area contributed by atoms with Gasteiger partial charge in [-0.1, -0.05) is 6.07 Å². The van der Waals surface area contributed by atoms with Crippen molar-refractivity contribution in [3.63, 3.8) is 0 Å². The van der Waals surface area contributed by atoms with Crippen molar-refractivity contribution < 1.29 is 13.2 Å². The number of sulfonamides is 1. The third-order valence-electron chi connectivity index (χ3n) is 2.51. The highest BCUT2D eigenvalue weighted by Gasteiger charge is 2.14. The fourth-order valence-corrected chi connectivity index (χ4v) is 2.62. The van der Waals surface area contributed by atoms with E-state index in [0.29, 0.717) is 17.1 Å². The Kier molecular flexibility index (Phi) is 3.62. The number of nitrogens with two attached hydrogens (primary N) is 1. The highest BCUT2D eigenvalue weighted by atomic mass is 32.2. The molecule has 0 heterocycles. The molecule has 2 rings (SSSR count). The normalized spacial score (nSPS) is 11.0. The molecular formula is C13H14N2O3S. The molecule has 0 radical (unpaired) electrons. The zero-order valence-corrected chi connectivity index (χ0v) is 11.1. The summed E-state index contributed by atoms with van der Waals surface area (Å²) in [6.45, 7) is 0. The minimum absolute atomic E-state index is 0.163. The molecule has 100 valence electrons. The van der Waals surface area contributed by atoms with Crippen molar-refractivity contribution in [3.8, 4) is 5.75 Å². The Labute approximate surface area is 112 Å². The predicted molar refractivity (Wildman–Crippen MR) is 74.7 cm³/mol. The quantitative estimate of drug-likeness (QED) is 0.839. The molecule has 2 aromatic carbocycles. The number of hydrogen-bond acceptors (Lipinski definition) is 4. The number of rotatable bonds is 4. The lowest BCUT2D eigenvalue weighted by molar-refractivity contribution is 0.414. The van der Waals surface area contributed by atoms with Gasteiger partial charge in [-0.2, -0.15) is 0 Å². The van der Waals surface area contributed by atoms with E-state index in [2.05, 4.69) is 4.72 Å². The lowest BCUT2D eigenvalue weighted by Crippen LogP contribution is -2.12. The third-order valence-corrected chi connectivity index (χ3v) is 3.91. The van der Waals surface area contributed by atoms with E-state index in [9.17, 15) is 8.42 Å². The largest absolute Gasteiger partial charge is 0.497 e. The molecule has 19 heavy (non-hydrogen) atoms. The molecule has 0 aliphatic carbocycles. The maximum absolute atomic E-state index is 12.1. The van der Waals surface area contributed by atoms with Gasteiger partial charge in [-0.05, 0) is 42.5 Å². The smallest absolute Gasteiger partial charge is 0.261 e. The van der Waals surface area contributed by atoms with Crippen molar-refractivity contribution in [1.82, 2.24) is 0 Å². The second-order valence-electron chi connectivity index (χ2n) is 3.91. The van der Waals surface area contributed by atoms with E-state index in [4.69, 9.17) is 10.5 Å². The van der Waals surface area contributed by atoms with Gasteiger partial charge in [0.25, 0.3) is 10.0 Å². The van der Waals surface area contributed by atoms with Crippen LogP contribution in [0.4, 0.5) is 11.4 Å². The number of anilines is 2. The van der Waals surface area contributed by atoms with Crippen LogP contribution in [-0.2, 0) is 10.0 Å². The van der Waals surface area contributed by atoms with Crippen molar-refractivity contribution >= 4 is 21.4 Å². The average Bonchev–Trinajstić information content (AvgIpc) is 2.38. The summed E-state index contributed by atoms with van der Waals surface area (Å²) in [6, 6.07) is 12.7. The van der Waals surface area contributed by atoms with Gasteiger partial charge in [-0.25, -0.2) is 8.42 Å². The zero-order chi connectivity index (χ0) is 13.9. The summed E-state index contributed by atoms with van der Waals surface area (Å²) in [5.74, 6) is 0.600. The van der Waals surface area contributed by atoms with E-state index >= 15 is 0 Å². The van der Waals surface area contributed by atoms with Crippen molar-refractivity contribution in [2.24, 2.45) is 0 Å². The van der Waals surface area contributed by atoms with Gasteiger partial charge in [-0.3, -0.25) is 4.72 Å². The molecular weight excluding hydrogens is 264 g/mol. The monoisotopic (exact) mass is 278 g/mol. The van der Waals surface area contributed by atoms with Gasteiger partial charge < -0.3 is 10.5 Å². The predicted octanol–water partition coefficient (Wildman–Crippen LogP) is 2.08. The van der Waals surface area contributed by atoms with Gasteiger partial charge in [0.1, 0.15) is 5.75 Å². The van der Waals surface area contributed by atoms with E-state index in [-0.39, 0.29) is 4.90 Å². The molecule has 0 aromatic heterocycles. The van der Waals surface area contributed by atoms with E-state index in [1.54, 1.807) is 36.4 Å². The van der Waals surface area contributed by atoms with Crippen LogP contribution in [0.5, 0.6) is 5.75 Å². The maximum atomic E-state index is 12.1. The molecule has 0 fully saturated rings. The standard InChI is InChI=1S/C13H14N2O3S/c1-18-12-5-7-13(8-6-12)19(16,17)15-11-4-2-3-10(14)9-11/h2-9,15H,14H2,1H3. The zero-order valence-electron chi connectivity index (χ0n) is 10.3. The molecule has 0 aliphatic heterocycles. The van der Waals surface area contributed by atoms with Gasteiger partial charge in [0.05, 0.1) is 17.7 Å². The summed E-state index contributed by atoms with van der Waals surface area (Å²) in [4.78, 5) is 0.163. The summed E-state index contributed by atoms with van der Waals surface area (Å²) in [5, 5.41) is 0. The highest BCUT2D eigenvalue weighted by molar-refractivity contribution is 7.92. The fourth-order valence-electron chi connectivity index (χ4n) is 1.57. The van der Waals surface area contributed by atoms with Crippen LogP contribution in [0.1, 0.15) is 0 Å². The van der Waals surface area contributed by atoms with Gasteiger partial charge in [-0.15, -0.1) is 0 Å². The van der Waals surface area contributed by atoms with Crippen LogP contribution >= 0.6 is 0 Å². The van der Waals surface area contributed by atoms with Gasteiger partial charge >= 0.3 is 0 Å². The van der Waals surface area contributed by atoms with Crippen molar-refractivity contribution in [2.75, 3.05) is 17.6 Å². The second kappa shape index (κ2) is 5.19. The van der Waals surface area contributed by atoms with Crippen LogP contribution in [0.2, 0.25) is 0 Å². The summed E-state index contributed by atoms with van der Waals surface area (Å²) in [6.07, 6.45) is 0. The first-order chi connectivity index (χ1) is 9.01. The van der Waals surface area contributed by atoms with E-state index in [1.807, 2.05) is 0 Å². The van der Waals surface area contributed by atoms with E-state index < -0.39 is 10.0 Å². The number of ether oxygens (including phenoxy) is 1. The van der Waals surface area contributed by atoms with Gasteiger partial charge in [0, 0.05) is 5.69 Å². The Morgan fingerprint density at radius 2 is 1.79 bits per heavy atom. The first-order valence-electron chi connectivity index (χ1n) is 5.54. The molecule has 6 heteroatoms. The molecule has 0 spiro atoms. The minimum atomic E-state index is -3.62. The summed E-state index contributed by atoms with van der Waals surface area (Å²) < 4.78 is 31.7. The van der Waals surface area contributed by atoms with E-state index in [0.717, 1.165) is 0 Å². The molecule has 0 amide bonds. The van der Waals surface area contributed by atoms with Crippen molar-refractivity contribution in [3.05, 3.63) is 48.5 Å². The molecule has 2 aromatic rings. The Bertz CT molecular complexity index is 667. The second-order valence-corrected chi connectivity index (χ2v) is 5.59. The van der Waals surface area contributed by atoms with Crippen LogP contribution in [0.3, 0.4) is 0 Å². The van der Waals surface area contributed by atoms with Crippen LogP contribution in [0, 0.1) is 0 Å². The molecule has 0 bridgehead atoms.